The van der Waals surface area contributed by atoms with Crippen molar-refractivity contribution < 1.29 is 62.3 Å². The second kappa shape index (κ2) is 29.4. The van der Waals surface area contributed by atoms with Gasteiger partial charge in [0.15, 0.2) is 11.8 Å². The lowest BCUT2D eigenvalue weighted by Gasteiger charge is -2.27. The van der Waals surface area contributed by atoms with Crippen LogP contribution in [0.1, 0.15) is 164 Å². The summed E-state index contributed by atoms with van der Waals surface area (Å²) in [7, 11) is 0. The first-order valence-electron chi connectivity index (χ1n) is 28.1. The molecule has 2 aliphatic carbocycles. The highest BCUT2D eigenvalue weighted by molar-refractivity contribution is 5.91. The van der Waals surface area contributed by atoms with Gasteiger partial charge < -0.3 is 49.9 Å². The van der Waals surface area contributed by atoms with Crippen molar-refractivity contribution in [2.75, 3.05) is 26.4 Å². The third-order valence-corrected chi connectivity index (χ3v) is 12.7. The predicted molar refractivity (Wildman–Crippen MR) is 315 cm³/mol. The number of benzene rings is 4. The van der Waals surface area contributed by atoms with E-state index in [0.29, 0.717) is 18.8 Å². The molecule has 0 saturated carbocycles. The average molecular weight is 1120 g/mol. The van der Waals surface area contributed by atoms with Crippen LogP contribution in [0.15, 0.2) is 97.1 Å². The first kappa shape index (κ1) is 66.9. The Hall–Kier alpha value is -6.62. The first-order chi connectivity index (χ1) is 37.6. The Morgan fingerprint density at radius 3 is 1.16 bits per heavy atom. The zero-order valence-corrected chi connectivity index (χ0v) is 50.7. The number of carboxylic acids is 1. The monoisotopic (exact) mass is 1120 g/mol. The van der Waals surface area contributed by atoms with E-state index >= 15 is 0 Å². The number of rotatable bonds is 20. The molecule has 0 aliphatic heterocycles. The molecular weight excluding hydrogens is 1030 g/mol. The molecule has 0 radical (unpaired) electrons. The van der Waals surface area contributed by atoms with Gasteiger partial charge in [-0.1, -0.05) is 125 Å². The van der Waals surface area contributed by atoms with Gasteiger partial charge in [-0.05, 0) is 152 Å². The Morgan fingerprint density at radius 2 is 0.827 bits per heavy atom. The summed E-state index contributed by atoms with van der Waals surface area (Å²) < 4.78 is 33.2. The lowest BCUT2D eigenvalue weighted by Crippen LogP contribution is -2.47. The van der Waals surface area contributed by atoms with Crippen molar-refractivity contribution in [3.05, 3.63) is 119 Å². The summed E-state index contributed by atoms with van der Waals surface area (Å²) in [5.41, 5.74) is 12.5. The molecule has 16 heteroatoms. The number of esters is 2. The molecule has 5 N–H and O–H groups in total. The number of Topliss-reactive ketones (excluding diaryl/α,β-unsaturated/α-hetero) is 1. The van der Waals surface area contributed by atoms with E-state index in [1.165, 1.54) is 0 Å². The molecule has 6 rings (SSSR count). The summed E-state index contributed by atoms with van der Waals surface area (Å²) in [6.07, 6.45) is -0.357. The molecule has 0 bridgehead atoms. The van der Waals surface area contributed by atoms with Gasteiger partial charge in [-0.2, -0.15) is 0 Å². The van der Waals surface area contributed by atoms with Crippen molar-refractivity contribution >= 4 is 35.9 Å². The summed E-state index contributed by atoms with van der Waals surface area (Å²) in [5, 5.41) is 14.4. The number of alkyl carbamates (subject to hydrolysis) is 2. The Labute approximate surface area is 480 Å². The van der Waals surface area contributed by atoms with Crippen LogP contribution in [-0.4, -0.2) is 108 Å². The highest BCUT2D eigenvalue weighted by atomic mass is 16.6. The molecule has 2 aliphatic rings. The molecule has 4 atom stereocenters. The number of carbonyl (C=O) groups is 6. The van der Waals surface area contributed by atoms with Crippen LogP contribution in [0.5, 0.6) is 0 Å². The molecular formula is C65H91N3O13. The van der Waals surface area contributed by atoms with Crippen LogP contribution in [0, 0.1) is 17.8 Å². The fourth-order valence-electron chi connectivity index (χ4n) is 9.20. The van der Waals surface area contributed by atoms with Gasteiger partial charge in [-0.3, -0.25) is 14.4 Å². The van der Waals surface area contributed by atoms with E-state index in [-0.39, 0.29) is 62.4 Å². The number of nitrogens with two attached hydrogens (primary N) is 1. The van der Waals surface area contributed by atoms with E-state index in [1.807, 2.05) is 151 Å². The number of carboxylic acid groups (broad SMARTS) is 1. The molecule has 16 nitrogen and oxygen atoms in total. The summed E-state index contributed by atoms with van der Waals surface area (Å²) in [6.45, 7) is 30.2. The molecule has 0 aromatic heterocycles. The van der Waals surface area contributed by atoms with Crippen molar-refractivity contribution in [1.29, 1.82) is 0 Å². The van der Waals surface area contributed by atoms with Gasteiger partial charge in [0.25, 0.3) is 0 Å². The molecule has 4 aromatic rings. The van der Waals surface area contributed by atoms with Crippen LogP contribution >= 0.6 is 0 Å². The Bertz CT molecular complexity index is 2650. The fraction of sp³-hybridized carbons (Fsp3) is 0.538. The molecule has 0 fully saturated rings. The number of ketones is 1. The minimum absolute atomic E-state index is 0.0325. The molecule has 4 aromatic carbocycles. The second-order valence-corrected chi connectivity index (χ2v) is 25.5. The average Bonchev–Trinajstić information content (AvgIpc) is 3.86. The normalized spacial score (nSPS) is 14.5. The Balaban J connectivity index is 0.000000297. The molecule has 0 heterocycles. The molecule has 2 amide bonds. The summed E-state index contributed by atoms with van der Waals surface area (Å²) >= 11 is 0. The minimum atomic E-state index is -1.17. The third-order valence-electron chi connectivity index (χ3n) is 12.7. The maximum atomic E-state index is 13.5. The number of carbonyl (C=O) groups excluding carboxylic acids is 5. The van der Waals surface area contributed by atoms with Gasteiger partial charge in [0.1, 0.15) is 36.5 Å². The smallest absolute Gasteiger partial charge is 0.407 e. The molecule has 0 spiro atoms. The number of aliphatic carboxylic acids is 1. The Kier molecular flexibility index (Phi) is 24.3. The van der Waals surface area contributed by atoms with E-state index in [9.17, 15) is 33.9 Å². The van der Waals surface area contributed by atoms with Gasteiger partial charge in [-0.15, -0.1) is 0 Å². The van der Waals surface area contributed by atoms with Gasteiger partial charge >= 0.3 is 30.1 Å². The molecule has 444 valence electrons. The van der Waals surface area contributed by atoms with E-state index in [1.54, 1.807) is 20.8 Å². The van der Waals surface area contributed by atoms with Gasteiger partial charge in [-0.25, -0.2) is 14.4 Å². The highest BCUT2D eigenvalue weighted by Crippen LogP contribution is 2.46. The lowest BCUT2D eigenvalue weighted by atomic mass is 9.90. The van der Waals surface area contributed by atoms with Crippen molar-refractivity contribution in [3.8, 4) is 22.3 Å². The number of fused-ring (bicyclic) bond motifs is 6. The number of ether oxygens (including phenoxy) is 6. The highest BCUT2D eigenvalue weighted by Gasteiger charge is 2.35. The lowest BCUT2D eigenvalue weighted by molar-refractivity contribution is -0.162. The zero-order chi connectivity index (χ0) is 60.6. The third kappa shape index (κ3) is 22.3. The first-order valence-corrected chi connectivity index (χ1v) is 28.1. The molecule has 81 heavy (non-hydrogen) atoms. The van der Waals surface area contributed by atoms with Crippen LogP contribution in [0.3, 0.4) is 0 Å². The van der Waals surface area contributed by atoms with Crippen LogP contribution in [0.4, 0.5) is 9.59 Å². The van der Waals surface area contributed by atoms with Crippen molar-refractivity contribution in [2.24, 2.45) is 23.5 Å². The number of hydrogen-bond donors (Lipinski definition) is 4. The second-order valence-electron chi connectivity index (χ2n) is 25.5. The van der Waals surface area contributed by atoms with Gasteiger partial charge in [0.2, 0.25) is 0 Å². The van der Waals surface area contributed by atoms with Crippen LogP contribution in [0.25, 0.3) is 22.3 Å². The van der Waals surface area contributed by atoms with Gasteiger partial charge in [0.05, 0.1) is 30.3 Å². The maximum Gasteiger partial charge on any atom is 0.407 e. The van der Waals surface area contributed by atoms with Crippen molar-refractivity contribution in [3.63, 3.8) is 0 Å². The van der Waals surface area contributed by atoms with E-state index < -0.39 is 70.6 Å². The van der Waals surface area contributed by atoms with Crippen LogP contribution < -0.4 is 16.4 Å². The molecule has 0 unspecified atom stereocenters. The SMILES string of the molecule is CC(C)(C)OC[C@H](NC(=O)OCC1c2ccccc2-c2ccccc21)C(=O)O.CC(C)C[C@H](CC(=O)[C@H](COC(C)(C)C)NC(=O)OCC1c2ccccc2-c2ccccc21)C(=O)OC(C)(C)C.CC(C)C[C@H](N)C(=O)OC(C)(C)C. The van der Waals surface area contributed by atoms with Crippen molar-refractivity contribution in [2.45, 2.75) is 182 Å². The quantitative estimate of drug-likeness (QED) is 0.0477. The fourth-order valence-corrected chi connectivity index (χ4v) is 9.20. The van der Waals surface area contributed by atoms with E-state index in [4.69, 9.17) is 34.2 Å². The van der Waals surface area contributed by atoms with E-state index in [0.717, 1.165) is 44.5 Å². The summed E-state index contributed by atoms with van der Waals surface area (Å²) in [5.74, 6) is -2.37. The number of hydrogen-bond acceptors (Lipinski definition) is 13. The number of nitrogens with one attached hydrogen (secondary N) is 2. The Morgan fingerprint density at radius 1 is 0.494 bits per heavy atom. The largest absolute Gasteiger partial charge is 0.480 e. The van der Waals surface area contributed by atoms with Crippen molar-refractivity contribution in [1.82, 2.24) is 10.6 Å². The maximum absolute atomic E-state index is 13.5. The predicted octanol–water partition coefficient (Wildman–Crippen LogP) is 12.2. The summed E-state index contributed by atoms with van der Waals surface area (Å²) in [6, 6.07) is 29.6. The van der Waals surface area contributed by atoms with Crippen LogP contribution in [-0.2, 0) is 47.6 Å². The number of amides is 2. The summed E-state index contributed by atoms with van der Waals surface area (Å²) in [4.78, 5) is 74.4. The zero-order valence-electron chi connectivity index (χ0n) is 50.7. The van der Waals surface area contributed by atoms with E-state index in [2.05, 4.69) is 47.0 Å². The molecule has 0 saturated heterocycles. The van der Waals surface area contributed by atoms with Gasteiger partial charge in [0, 0.05) is 18.3 Å². The van der Waals surface area contributed by atoms with Crippen LogP contribution in [0.2, 0.25) is 0 Å². The minimum Gasteiger partial charge on any atom is -0.480 e. The standard InChI is InChI=1S/C33H45NO6.C22H25NO5.C10H21NO2/c1-21(2)17-22(30(36)40-33(6,7)8)18-29(35)28(20-39-32(3,4)5)34-31(37)38-19-27-25-15-11-9-13-23(25)24-14-10-12-16-26(24)27;1-22(2,3)28-13-19(20(24)25)23-21(26)27-12-18-16-10-6-4-8-14(16)15-9-5-7-11-17(15)18;1-7(2)6-8(11)9(12)13-10(3,4)5/h9-16,21-22,27-28H,17-20H2,1-8H3,(H,34,37);4-11,18-19H,12-13H2,1-3H3,(H,23,26)(H,24,25);7-8H,6,11H2,1-5H3/t22-,28+;19-;8-/m100/s1. The topological polar surface area (TPSA) is 228 Å².